The Morgan fingerprint density at radius 1 is 1.05 bits per heavy atom. The maximum Gasteiger partial charge on any atom is 0.130 e. The molecule has 20 heavy (non-hydrogen) atoms. The van der Waals surface area contributed by atoms with Gasteiger partial charge in [0.1, 0.15) is 17.2 Å². The Hall–Kier alpha value is -1.46. The van der Waals surface area contributed by atoms with E-state index in [9.17, 15) is 0 Å². The van der Waals surface area contributed by atoms with Crippen molar-refractivity contribution in [3.05, 3.63) is 17.7 Å². The fraction of sp³-hybridized carbons (Fsp3) is 0.600. The minimum absolute atomic E-state index is 0.339. The van der Waals surface area contributed by atoms with Gasteiger partial charge in [-0.15, -0.1) is 0 Å². The molecule has 5 nitrogen and oxygen atoms in total. The van der Waals surface area contributed by atoms with Crippen molar-refractivity contribution in [3.8, 4) is 17.2 Å². The molecular formula is C15H24N2O3. The molecule has 0 saturated carbocycles. The number of hydrogen-bond acceptors (Lipinski definition) is 5. The van der Waals surface area contributed by atoms with E-state index in [1.807, 2.05) is 12.1 Å². The molecule has 112 valence electrons. The first-order chi connectivity index (χ1) is 9.67. The van der Waals surface area contributed by atoms with Crippen molar-refractivity contribution >= 4 is 0 Å². The van der Waals surface area contributed by atoms with E-state index in [1.54, 1.807) is 21.3 Å². The van der Waals surface area contributed by atoms with Crippen molar-refractivity contribution in [3.63, 3.8) is 0 Å². The summed E-state index contributed by atoms with van der Waals surface area (Å²) in [6, 6.07) is 4.13. The second kappa shape index (κ2) is 6.81. The number of nitrogens with two attached hydrogens (primary N) is 1. The van der Waals surface area contributed by atoms with Crippen LogP contribution in [0.25, 0.3) is 0 Å². The molecule has 0 aliphatic carbocycles. The van der Waals surface area contributed by atoms with Crippen LogP contribution in [-0.4, -0.2) is 45.4 Å². The van der Waals surface area contributed by atoms with Gasteiger partial charge in [-0.05, 0) is 25.9 Å². The molecule has 0 aromatic heterocycles. The van der Waals surface area contributed by atoms with E-state index in [2.05, 4.69) is 4.90 Å². The molecule has 2 N–H and O–H groups in total. The Kier molecular flexibility index (Phi) is 5.09. The Morgan fingerprint density at radius 3 is 2.05 bits per heavy atom. The summed E-state index contributed by atoms with van der Waals surface area (Å²) < 4.78 is 16.2. The smallest absolute Gasteiger partial charge is 0.130 e. The van der Waals surface area contributed by atoms with Crippen molar-refractivity contribution in [2.24, 2.45) is 5.73 Å². The molecule has 0 bridgehead atoms. The molecule has 1 aliphatic rings. The zero-order valence-corrected chi connectivity index (χ0v) is 12.5. The lowest BCUT2D eigenvalue weighted by atomic mass is 10.0. The Bertz CT molecular complexity index is 418. The summed E-state index contributed by atoms with van der Waals surface area (Å²) in [6.45, 7) is 2.84. The molecule has 1 aliphatic heterocycles. The third-order valence-corrected chi connectivity index (χ3v) is 3.83. The van der Waals surface area contributed by atoms with Gasteiger partial charge in [0.15, 0.2) is 0 Å². The van der Waals surface area contributed by atoms with Crippen LogP contribution in [0.3, 0.4) is 0 Å². The Balaban J connectivity index is 2.20. The third kappa shape index (κ3) is 3.35. The fourth-order valence-electron chi connectivity index (χ4n) is 2.57. The van der Waals surface area contributed by atoms with Crippen LogP contribution < -0.4 is 19.9 Å². The van der Waals surface area contributed by atoms with Crippen LogP contribution in [-0.2, 0) is 6.54 Å². The van der Waals surface area contributed by atoms with Gasteiger partial charge in [-0.3, -0.25) is 4.90 Å². The average molecular weight is 280 g/mol. The monoisotopic (exact) mass is 280 g/mol. The highest BCUT2D eigenvalue weighted by Gasteiger charge is 2.20. The largest absolute Gasteiger partial charge is 0.496 e. The number of methoxy groups -OCH3 is 3. The van der Waals surface area contributed by atoms with Crippen molar-refractivity contribution in [2.75, 3.05) is 34.4 Å². The maximum absolute atomic E-state index is 5.95. The molecule has 0 spiro atoms. The summed E-state index contributed by atoms with van der Waals surface area (Å²) in [5.41, 5.74) is 7.01. The summed E-state index contributed by atoms with van der Waals surface area (Å²) in [6.07, 6.45) is 2.08. The molecule has 1 saturated heterocycles. The predicted octanol–water partition coefficient (Wildman–Crippen LogP) is 1.64. The van der Waals surface area contributed by atoms with Gasteiger partial charge >= 0.3 is 0 Å². The van der Waals surface area contributed by atoms with E-state index in [0.717, 1.165) is 55.3 Å². The average Bonchev–Trinajstić information content (AvgIpc) is 2.49. The van der Waals surface area contributed by atoms with E-state index in [1.165, 1.54) is 0 Å². The van der Waals surface area contributed by atoms with Crippen LogP contribution in [0.15, 0.2) is 12.1 Å². The van der Waals surface area contributed by atoms with Gasteiger partial charge in [-0.1, -0.05) is 0 Å². The van der Waals surface area contributed by atoms with Gasteiger partial charge in [0.25, 0.3) is 0 Å². The molecule has 5 heteroatoms. The maximum atomic E-state index is 5.95. The number of ether oxygens (including phenoxy) is 3. The summed E-state index contributed by atoms with van der Waals surface area (Å²) in [5.74, 6) is 2.34. The summed E-state index contributed by atoms with van der Waals surface area (Å²) in [5, 5.41) is 0. The van der Waals surface area contributed by atoms with Gasteiger partial charge in [-0.25, -0.2) is 0 Å². The van der Waals surface area contributed by atoms with Crippen LogP contribution in [0.2, 0.25) is 0 Å². The lowest BCUT2D eigenvalue weighted by molar-refractivity contribution is 0.200. The number of hydrogen-bond donors (Lipinski definition) is 1. The molecule has 1 aromatic rings. The normalized spacial score (nSPS) is 17.0. The Labute approximate surface area is 120 Å². The van der Waals surface area contributed by atoms with Crippen molar-refractivity contribution in [2.45, 2.75) is 25.4 Å². The van der Waals surface area contributed by atoms with E-state index < -0.39 is 0 Å². The summed E-state index contributed by atoms with van der Waals surface area (Å²) >= 11 is 0. The SMILES string of the molecule is COc1cc(OC)c(CN2CCC(N)CC2)c(OC)c1. The first kappa shape index (κ1) is 14.9. The second-order valence-electron chi connectivity index (χ2n) is 5.12. The number of benzene rings is 1. The zero-order valence-electron chi connectivity index (χ0n) is 12.5. The van der Waals surface area contributed by atoms with Crippen molar-refractivity contribution in [1.29, 1.82) is 0 Å². The van der Waals surface area contributed by atoms with Gasteiger partial charge in [0, 0.05) is 24.7 Å². The quantitative estimate of drug-likeness (QED) is 0.888. The first-order valence-corrected chi connectivity index (χ1v) is 6.94. The first-order valence-electron chi connectivity index (χ1n) is 6.94. The molecule has 1 heterocycles. The van der Waals surface area contributed by atoms with E-state index in [4.69, 9.17) is 19.9 Å². The standard InChI is InChI=1S/C15H24N2O3/c1-18-12-8-14(19-2)13(15(9-12)20-3)10-17-6-4-11(16)5-7-17/h8-9,11H,4-7,10,16H2,1-3H3. The minimum atomic E-state index is 0.339. The molecule has 0 atom stereocenters. The van der Waals surface area contributed by atoms with Crippen LogP contribution in [0.1, 0.15) is 18.4 Å². The highest BCUT2D eigenvalue weighted by atomic mass is 16.5. The van der Waals surface area contributed by atoms with Crippen LogP contribution in [0.5, 0.6) is 17.2 Å². The van der Waals surface area contributed by atoms with E-state index >= 15 is 0 Å². The predicted molar refractivity (Wildman–Crippen MR) is 78.6 cm³/mol. The van der Waals surface area contributed by atoms with E-state index in [0.29, 0.717) is 6.04 Å². The topological polar surface area (TPSA) is 57.0 Å². The lowest BCUT2D eigenvalue weighted by Gasteiger charge is -2.31. The molecule has 1 aromatic carbocycles. The number of nitrogens with zero attached hydrogens (tertiary/aromatic N) is 1. The number of rotatable bonds is 5. The molecule has 2 rings (SSSR count). The van der Waals surface area contributed by atoms with E-state index in [-0.39, 0.29) is 0 Å². The fourth-order valence-corrected chi connectivity index (χ4v) is 2.57. The molecule has 0 amide bonds. The number of piperidine rings is 1. The van der Waals surface area contributed by atoms with Crippen LogP contribution in [0.4, 0.5) is 0 Å². The van der Waals surface area contributed by atoms with Crippen molar-refractivity contribution < 1.29 is 14.2 Å². The van der Waals surface area contributed by atoms with Gasteiger partial charge in [0.05, 0.1) is 26.9 Å². The van der Waals surface area contributed by atoms with Crippen molar-refractivity contribution in [1.82, 2.24) is 4.90 Å². The van der Waals surface area contributed by atoms with Gasteiger partial charge in [-0.2, -0.15) is 0 Å². The minimum Gasteiger partial charge on any atom is -0.496 e. The third-order valence-electron chi connectivity index (χ3n) is 3.83. The molecule has 0 radical (unpaired) electrons. The summed E-state index contributed by atoms with van der Waals surface area (Å²) in [4.78, 5) is 2.39. The molecule has 0 unspecified atom stereocenters. The highest BCUT2D eigenvalue weighted by molar-refractivity contribution is 5.50. The zero-order chi connectivity index (χ0) is 14.5. The molecule has 1 fully saturated rings. The highest BCUT2D eigenvalue weighted by Crippen LogP contribution is 2.35. The van der Waals surface area contributed by atoms with Gasteiger partial charge in [0.2, 0.25) is 0 Å². The van der Waals surface area contributed by atoms with Gasteiger partial charge < -0.3 is 19.9 Å². The van der Waals surface area contributed by atoms with Crippen LogP contribution >= 0.6 is 0 Å². The summed E-state index contributed by atoms with van der Waals surface area (Å²) in [7, 11) is 4.98. The Morgan fingerprint density at radius 2 is 1.60 bits per heavy atom. The number of likely N-dealkylation sites (tertiary alicyclic amines) is 1. The lowest BCUT2D eigenvalue weighted by Crippen LogP contribution is -2.39. The van der Waals surface area contributed by atoms with Crippen LogP contribution in [0, 0.1) is 0 Å². The second-order valence-corrected chi connectivity index (χ2v) is 5.12. The molecular weight excluding hydrogens is 256 g/mol.